The Hall–Kier alpha value is -1.62. The van der Waals surface area contributed by atoms with E-state index in [0.29, 0.717) is 6.42 Å². The molecule has 0 aliphatic heterocycles. The first-order chi connectivity index (χ1) is 10.5. The van der Waals surface area contributed by atoms with Gasteiger partial charge in [0.1, 0.15) is 0 Å². The number of rotatable bonds is 7. The summed E-state index contributed by atoms with van der Waals surface area (Å²) in [7, 11) is -3.84. The minimum atomic E-state index is -3.84. The topological polar surface area (TPSA) is 43.4 Å². The largest absolute Gasteiger partial charge is 0.297 e. The van der Waals surface area contributed by atoms with Crippen molar-refractivity contribution < 1.29 is 12.6 Å². The molecule has 0 saturated heterocycles. The Balaban J connectivity index is 2.12. The molecule has 3 nitrogen and oxygen atoms in total. The molecule has 0 amide bonds. The highest BCUT2D eigenvalue weighted by molar-refractivity contribution is 7.86. The van der Waals surface area contributed by atoms with Gasteiger partial charge in [0.05, 0.1) is 16.9 Å². The van der Waals surface area contributed by atoms with Gasteiger partial charge in [0.25, 0.3) is 10.1 Å². The van der Waals surface area contributed by atoms with Crippen molar-refractivity contribution in [2.75, 3.05) is 5.88 Å². The second-order valence-corrected chi connectivity index (χ2v) is 6.67. The van der Waals surface area contributed by atoms with Crippen molar-refractivity contribution in [2.24, 2.45) is 0 Å². The summed E-state index contributed by atoms with van der Waals surface area (Å²) in [6.45, 7) is 3.63. The fourth-order valence-corrected chi connectivity index (χ4v) is 3.32. The van der Waals surface area contributed by atoms with E-state index in [2.05, 4.69) is 6.58 Å². The molecule has 0 N–H and O–H groups in total. The van der Waals surface area contributed by atoms with Crippen molar-refractivity contribution in [1.29, 1.82) is 0 Å². The lowest BCUT2D eigenvalue weighted by atomic mass is 10.1. The lowest BCUT2D eigenvalue weighted by molar-refractivity contribution is 0.232. The zero-order valence-corrected chi connectivity index (χ0v) is 13.6. The van der Waals surface area contributed by atoms with Gasteiger partial charge >= 0.3 is 0 Å². The molecule has 0 radical (unpaired) electrons. The minimum Gasteiger partial charge on any atom is -0.261 e. The maximum atomic E-state index is 12.3. The van der Waals surface area contributed by atoms with Gasteiger partial charge in [-0.15, -0.1) is 11.6 Å². The zero-order chi connectivity index (χ0) is 16.0. The maximum absolute atomic E-state index is 12.3. The summed E-state index contributed by atoms with van der Waals surface area (Å²) in [4.78, 5) is 0.112. The van der Waals surface area contributed by atoms with Gasteiger partial charge in [-0.1, -0.05) is 55.1 Å². The van der Waals surface area contributed by atoms with E-state index < -0.39 is 16.2 Å². The van der Waals surface area contributed by atoms with Gasteiger partial charge in [0.15, 0.2) is 0 Å². The Morgan fingerprint density at radius 2 is 1.73 bits per heavy atom. The Morgan fingerprint density at radius 3 is 2.27 bits per heavy atom. The van der Waals surface area contributed by atoms with Crippen LogP contribution in [0.2, 0.25) is 0 Å². The molecule has 2 aromatic rings. The van der Waals surface area contributed by atoms with Crippen molar-refractivity contribution >= 4 is 27.8 Å². The molecule has 1 unspecified atom stereocenters. The van der Waals surface area contributed by atoms with Crippen LogP contribution in [0.25, 0.3) is 6.08 Å². The van der Waals surface area contributed by atoms with Gasteiger partial charge in [-0.25, -0.2) is 0 Å². The molecule has 0 aromatic heterocycles. The average molecular weight is 337 g/mol. The van der Waals surface area contributed by atoms with Crippen molar-refractivity contribution in [1.82, 2.24) is 0 Å². The van der Waals surface area contributed by atoms with E-state index in [4.69, 9.17) is 15.8 Å². The molecule has 116 valence electrons. The molecular weight excluding hydrogens is 320 g/mol. The van der Waals surface area contributed by atoms with E-state index in [0.717, 1.165) is 11.1 Å². The van der Waals surface area contributed by atoms with Crippen LogP contribution in [0.1, 0.15) is 11.1 Å². The second-order valence-electron chi connectivity index (χ2n) is 4.79. The van der Waals surface area contributed by atoms with Crippen LogP contribution in [-0.2, 0) is 20.7 Å². The number of alkyl halides is 1. The lowest BCUT2D eigenvalue weighted by Gasteiger charge is -2.15. The van der Waals surface area contributed by atoms with Crippen LogP contribution >= 0.6 is 11.6 Å². The number of hydrogen-bond acceptors (Lipinski definition) is 3. The van der Waals surface area contributed by atoms with E-state index >= 15 is 0 Å². The molecule has 0 spiro atoms. The van der Waals surface area contributed by atoms with E-state index in [9.17, 15) is 8.42 Å². The first-order valence-electron chi connectivity index (χ1n) is 6.81. The molecule has 2 aromatic carbocycles. The second kappa shape index (κ2) is 7.58. The molecule has 5 heteroatoms. The summed E-state index contributed by atoms with van der Waals surface area (Å²) >= 11 is 5.86. The molecule has 0 aliphatic carbocycles. The average Bonchev–Trinajstić information content (AvgIpc) is 2.55. The van der Waals surface area contributed by atoms with Gasteiger partial charge in [-0.2, -0.15) is 8.42 Å². The summed E-state index contributed by atoms with van der Waals surface area (Å²) in [5.41, 5.74) is 1.82. The van der Waals surface area contributed by atoms with Gasteiger partial charge in [0.2, 0.25) is 0 Å². The number of halogens is 1. The lowest BCUT2D eigenvalue weighted by Crippen LogP contribution is -2.22. The predicted molar refractivity (Wildman–Crippen MR) is 89.5 cm³/mol. The van der Waals surface area contributed by atoms with Crippen LogP contribution in [0.5, 0.6) is 0 Å². The third-order valence-electron chi connectivity index (χ3n) is 3.15. The quantitative estimate of drug-likeness (QED) is 0.569. The van der Waals surface area contributed by atoms with Crippen molar-refractivity contribution in [3.05, 3.63) is 72.3 Å². The van der Waals surface area contributed by atoms with E-state index in [-0.39, 0.29) is 10.8 Å². The highest BCUT2D eigenvalue weighted by Crippen LogP contribution is 2.18. The van der Waals surface area contributed by atoms with Crippen LogP contribution in [-0.4, -0.2) is 20.4 Å². The fourth-order valence-electron chi connectivity index (χ4n) is 2.00. The molecule has 1 atom stereocenters. The van der Waals surface area contributed by atoms with Crippen LogP contribution in [0.4, 0.5) is 0 Å². The van der Waals surface area contributed by atoms with Crippen LogP contribution < -0.4 is 0 Å². The van der Waals surface area contributed by atoms with E-state index in [1.165, 1.54) is 12.1 Å². The fraction of sp³-hybridized carbons (Fsp3) is 0.176. The van der Waals surface area contributed by atoms with Crippen LogP contribution in [0.3, 0.4) is 0 Å². The Morgan fingerprint density at radius 1 is 1.09 bits per heavy atom. The maximum Gasteiger partial charge on any atom is 0.297 e. The monoisotopic (exact) mass is 336 g/mol. The van der Waals surface area contributed by atoms with Crippen molar-refractivity contribution in [3.8, 4) is 0 Å². The Bertz CT molecular complexity index is 709. The smallest absolute Gasteiger partial charge is 0.261 e. The zero-order valence-electron chi connectivity index (χ0n) is 12.0. The first-order valence-corrected chi connectivity index (χ1v) is 8.75. The minimum absolute atomic E-state index is 0.0961. The molecule has 0 bridgehead atoms. The summed E-state index contributed by atoms with van der Waals surface area (Å²) in [5.74, 6) is 0.0961. The molecular formula is C17H17ClO3S. The summed E-state index contributed by atoms with van der Waals surface area (Å²) in [6, 6.07) is 15.9. The molecule has 0 fully saturated rings. The summed E-state index contributed by atoms with van der Waals surface area (Å²) in [6.07, 6.45) is 1.48. The Kier molecular flexibility index (Phi) is 5.77. The predicted octanol–water partition coefficient (Wildman–Crippen LogP) is 3.89. The van der Waals surface area contributed by atoms with Crippen LogP contribution in [0, 0.1) is 0 Å². The summed E-state index contributed by atoms with van der Waals surface area (Å²) in [5, 5.41) is 0. The first kappa shape index (κ1) is 16.7. The van der Waals surface area contributed by atoms with Crippen molar-refractivity contribution in [3.63, 3.8) is 0 Å². The van der Waals surface area contributed by atoms with Gasteiger partial charge in [-0.3, -0.25) is 4.18 Å². The highest BCUT2D eigenvalue weighted by Gasteiger charge is 2.21. The van der Waals surface area contributed by atoms with E-state index in [1.807, 2.05) is 30.3 Å². The molecule has 0 saturated carbocycles. The van der Waals surface area contributed by atoms with Gasteiger partial charge in [-0.05, 0) is 23.3 Å². The number of hydrogen-bond donors (Lipinski definition) is 0. The Labute approximate surface area is 136 Å². The molecule has 2 rings (SSSR count). The van der Waals surface area contributed by atoms with E-state index in [1.54, 1.807) is 18.2 Å². The molecule has 0 aliphatic rings. The molecule has 22 heavy (non-hydrogen) atoms. The standard InChI is InChI=1S/C17H17ClO3S/c1-2-14-8-10-17(11-9-14)22(19,20)21-16(13-18)12-15-6-4-3-5-7-15/h2-11,16H,1,12-13H2. The van der Waals surface area contributed by atoms with Gasteiger partial charge < -0.3 is 0 Å². The third kappa shape index (κ3) is 4.44. The summed E-state index contributed by atoms with van der Waals surface area (Å²) < 4.78 is 29.8. The normalized spacial score (nSPS) is 12.8. The number of benzene rings is 2. The SMILES string of the molecule is C=Cc1ccc(S(=O)(=O)OC(CCl)Cc2ccccc2)cc1. The van der Waals surface area contributed by atoms with Crippen molar-refractivity contribution in [2.45, 2.75) is 17.4 Å². The highest BCUT2D eigenvalue weighted by atomic mass is 35.5. The third-order valence-corrected chi connectivity index (χ3v) is 4.86. The van der Waals surface area contributed by atoms with Gasteiger partial charge in [0, 0.05) is 6.42 Å². The molecule has 0 heterocycles. The van der Waals surface area contributed by atoms with Crippen LogP contribution in [0.15, 0.2) is 66.1 Å².